The van der Waals surface area contributed by atoms with E-state index < -0.39 is 0 Å². The maximum absolute atomic E-state index is 9.76. The fourth-order valence-electron chi connectivity index (χ4n) is 5.00. The molecular weight excluding hydrogens is 456 g/mol. The van der Waals surface area contributed by atoms with Crippen LogP contribution in [0.3, 0.4) is 0 Å². The van der Waals surface area contributed by atoms with Crippen LogP contribution in [0.5, 0.6) is 0 Å². The van der Waals surface area contributed by atoms with Crippen molar-refractivity contribution >= 4 is 34.4 Å². The van der Waals surface area contributed by atoms with E-state index in [1.54, 1.807) is 12.4 Å². The number of aromatic amines is 1. The van der Waals surface area contributed by atoms with Crippen LogP contribution < -0.4 is 5.32 Å². The van der Waals surface area contributed by atoms with E-state index in [1.807, 2.05) is 18.3 Å². The van der Waals surface area contributed by atoms with Crippen molar-refractivity contribution in [2.24, 2.45) is 0 Å². The molecule has 188 valence electrons. The third-order valence-electron chi connectivity index (χ3n) is 7.34. The lowest BCUT2D eigenvalue weighted by atomic mass is 10.1. The molecule has 5 rings (SSSR count). The van der Waals surface area contributed by atoms with Crippen molar-refractivity contribution in [2.45, 2.75) is 33.4 Å². The number of aryl methyl sites for hydroxylation is 1. The van der Waals surface area contributed by atoms with Gasteiger partial charge in [0.05, 0.1) is 11.3 Å². The van der Waals surface area contributed by atoms with Gasteiger partial charge in [0.1, 0.15) is 6.07 Å². The molecule has 2 N–H and O–H groups in total. The molecule has 0 atom stereocenters. The highest BCUT2D eigenvalue weighted by Gasteiger charge is 2.18. The predicted octanol–water partition coefficient (Wildman–Crippen LogP) is 6.18. The lowest BCUT2D eigenvalue weighted by molar-refractivity contribution is 0.104. The van der Waals surface area contributed by atoms with Crippen molar-refractivity contribution in [3.05, 3.63) is 88.9 Å². The molecule has 1 aliphatic rings. The smallest absolute Gasteiger partial charge is 0.103 e. The number of nitrogens with one attached hydrogen (secondary N) is 2. The SMILES string of the molecule is Cc1c(Nc2c(C#N)cncc2/C=C/c2ccc(CN3CCN(C(C)C)CC3)cc2)ccc2[nH]ccc12. The molecule has 0 radical (unpaired) electrons. The van der Waals surface area contributed by atoms with Gasteiger partial charge in [-0.05, 0) is 55.7 Å². The highest BCUT2D eigenvalue weighted by Crippen LogP contribution is 2.31. The quantitative estimate of drug-likeness (QED) is 0.324. The Balaban J connectivity index is 1.30. The van der Waals surface area contributed by atoms with Gasteiger partial charge in [0.25, 0.3) is 0 Å². The number of hydrogen-bond donors (Lipinski definition) is 2. The summed E-state index contributed by atoms with van der Waals surface area (Å²) in [5.74, 6) is 0. The van der Waals surface area contributed by atoms with Gasteiger partial charge in [0, 0.05) is 79.5 Å². The van der Waals surface area contributed by atoms with Crippen LogP contribution in [0.15, 0.2) is 61.1 Å². The lowest BCUT2D eigenvalue weighted by Gasteiger charge is -2.36. The maximum Gasteiger partial charge on any atom is 0.103 e. The zero-order chi connectivity index (χ0) is 25.8. The average molecular weight is 491 g/mol. The van der Waals surface area contributed by atoms with Gasteiger partial charge < -0.3 is 10.3 Å². The summed E-state index contributed by atoms with van der Waals surface area (Å²) in [6, 6.07) is 17.8. The summed E-state index contributed by atoms with van der Waals surface area (Å²) in [6.45, 7) is 12.2. The Kier molecular flexibility index (Phi) is 7.36. The lowest BCUT2D eigenvalue weighted by Crippen LogP contribution is -2.48. The van der Waals surface area contributed by atoms with Crippen molar-refractivity contribution in [3.8, 4) is 6.07 Å². The number of H-pyrrole nitrogens is 1. The topological polar surface area (TPSA) is 71.0 Å². The summed E-state index contributed by atoms with van der Waals surface area (Å²) >= 11 is 0. The number of nitriles is 1. The molecule has 0 aliphatic carbocycles. The van der Waals surface area contributed by atoms with E-state index in [0.29, 0.717) is 11.6 Å². The molecule has 0 saturated carbocycles. The number of nitrogens with zero attached hydrogens (tertiary/aromatic N) is 4. The van der Waals surface area contributed by atoms with Crippen LogP contribution in [0, 0.1) is 18.3 Å². The molecule has 3 heterocycles. The highest BCUT2D eigenvalue weighted by atomic mass is 15.3. The second kappa shape index (κ2) is 11.0. The van der Waals surface area contributed by atoms with Crippen LogP contribution in [-0.2, 0) is 6.54 Å². The van der Waals surface area contributed by atoms with Crippen LogP contribution in [0.4, 0.5) is 11.4 Å². The predicted molar refractivity (Wildman–Crippen MR) is 153 cm³/mol. The van der Waals surface area contributed by atoms with Gasteiger partial charge in [-0.3, -0.25) is 14.8 Å². The molecule has 2 aromatic heterocycles. The van der Waals surface area contributed by atoms with Crippen LogP contribution in [-0.4, -0.2) is 52.0 Å². The first-order chi connectivity index (χ1) is 18.0. The van der Waals surface area contributed by atoms with Crippen molar-refractivity contribution < 1.29 is 0 Å². The molecule has 2 aromatic carbocycles. The molecule has 1 saturated heterocycles. The van der Waals surface area contributed by atoms with Crippen LogP contribution in [0.2, 0.25) is 0 Å². The molecule has 0 amide bonds. The van der Waals surface area contributed by atoms with Crippen molar-refractivity contribution in [3.63, 3.8) is 0 Å². The normalized spacial score (nSPS) is 15.0. The Morgan fingerprint density at radius 1 is 1.03 bits per heavy atom. The standard InChI is InChI=1S/C31H34N6/c1-22(2)37-16-14-36(15-17-37)21-25-6-4-24(5-7-25)8-9-26-19-33-20-27(18-32)31(26)35-29-10-11-30-28(23(29)3)12-13-34-30/h4-13,19-20,22,34H,14-17,21H2,1-3H3,(H,33,35)/b9-8+. The summed E-state index contributed by atoms with van der Waals surface area (Å²) in [4.78, 5) is 12.6. The Morgan fingerprint density at radius 3 is 2.54 bits per heavy atom. The molecule has 1 aliphatic heterocycles. The van der Waals surface area contributed by atoms with E-state index in [-0.39, 0.29) is 0 Å². The monoisotopic (exact) mass is 490 g/mol. The van der Waals surface area contributed by atoms with Crippen molar-refractivity contribution in [2.75, 3.05) is 31.5 Å². The molecule has 6 heteroatoms. The Hall–Kier alpha value is -3.92. The molecule has 0 unspecified atom stereocenters. The largest absolute Gasteiger partial charge is 0.361 e. The highest BCUT2D eigenvalue weighted by molar-refractivity contribution is 5.90. The van der Waals surface area contributed by atoms with Crippen LogP contribution >= 0.6 is 0 Å². The van der Waals surface area contributed by atoms with E-state index in [9.17, 15) is 5.26 Å². The summed E-state index contributed by atoms with van der Waals surface area (Å²) in [5.41, 5.74) is 7.82. The van der Waals surface area contributed by atoms with Gasteiger partial charge >= 0.3 is 0 Å². The number of hydrogen-bond acceptors (Lipinski definition) is 5. The Bertz CT molecular complexity index is 1430. The second-order valence-corrected chi connectivity index (χ2v) is 10.0. The van der Waals surface area contributed by atoms with E-state index in [4.69, 9.17) is 0 Å². The van der Waals surface area contributed by atoms with Crippen LogP contribution in [0.25, 0.3) is 23.1 Å². The minimum Gasteiger partial charge on any atom is -0.361 e. The Morgan fingerprint density at radius 2 is 1.81 bits per heavy atom. The first-order valence-electron chi connectivity index (χ1n) is 13.0. The summed E-state index contributed by atoms with van der Waals surface area (Å²) in [7, 11) is 0. The van der Waals surface area contributed by atoms with Crippen molar-refractivity contribution in [1.82, 2.24) is 19.8 Å². The van der Waals surface area contributed by atoms with Gasteiger partial charge in [-0.2, -0.15) is 5.26 Å². The third kappa shape index (κ3) is 5.59. The van der Waals surface area contributed by atoms with Gasteiger partial charge in [-0.15, -0.1) is 0 Å². The zero-order valence-corrected chi connectivity index (χ0v) is 21.8. The fourth-order valence-corrected chi connectivity index (χ4v) is 5.00. The van der Waals surface area contributed by atoms with Gasteiger partial charge in [0.2, 0.25) is 0 Å². The molecular formula is C31H34N6. The van der Waals surface area contributed by atoms with Gasteiger partial charge in [0.15, 0.2) is 0 Å². The molecule has 6 nitrogen and oxygen atoms in total. The summed E-state index contributed by atoms with van der Waals surface area (Å²) in [5, 5.41) is 14.4. The Labute approximate surface area is 219 Å². The molecule has 4 aromatic rings. The van der Waals surface area contributed by atoms with Crippen LogP contribution in [0.1, 0.15) is 41.7 Å². The van der Waals surface area contributed by atoms with E-state index >= 15 is 0 Å². The minimum atomic E-state index is 0.517. The van der Waals surface area contributed by atoms with E-state index in [0.717, 1.165) is 71.7 Å². The number of rotatable bonds is 7. The maximum atomic E-state index is 9.76. The first kappa shape index (κ1) is 24.8. The molecule has 0 bridgehead atoms. The number of fused-ring (bicyclic) bond motifs is 1. The van der Waals surface area contributed by atoms with Gasteiger partial charge in [-0.1, -0.05) is 36.4 Å². The fraction of sp³-hybridized carbons (Fsp3) is 0.290. The van der Waals surface area contributed by atoms with Crippen molar-refractivity contribution in [1.29, 1.82) is 5.26 Å². The summed E-state index contributed by atoms with van der Waals surface area (Å²) in [6.07, 6.45) is 9.46. The number of aromatic nitrogens is 2. The van der Waals surface area contributed by atoms with E-state index in [2.05, 4.69) is 94.4 Å². The molecule has 1 fully saturated rings. The molecule has 37 heavy (non-hydrogen) atoms. The number of anilines is 2. The second-order valence-electron chi connectivity index (χ2n) is 10.0. The average Bonchev–Trinajstić information content (AvgIpc) is 3.40. The van der Waals surface area contributed by atoms with E-state index in [1.165, 1.54) is 5.56 Å². The third-order valence-corrected chi connectivity index (χ3v) is 7.34. The number of benzene rings is 2. The minimum absolute atomic E-state index is 0.517. The number of pyridine rings is 1. The summed E-state index contributed by atoms with van der Waals surface area (Å²) < 4.78 is 0. The van der Waals surface area contributed by atoms with Gasteiger partial charge in [-0.25, -0.2) is 0 Å². The molecule has 0 spiro atoms. The number of piperazine rings is 1. The zero-order valence-electron chi connectivity index (χ0n) is 21.8. The first-order valence-corrected chi connectivity index (χ1v) is 13.0.